The van der Waals surface area contributed by atoms with Crippen molar-refractivity contribution in [1.82, 2.24) is 4.31 Å². The molecule has 6 heteroatoms. The van der Waals surface area contributed by atoms with Crippen LogP contribution in [0.3, 0.4) is 0 Å². The number of nitriles is 1. The molecule has 1 atom stereocenters. The van der Waals surface area contributed by atoms with Gasteiger partial charge in [-0.3, -0.25) is 0 Å². The van der Waals surface area contributed by atoms with Gasteiger partial charge in [0.25, 0.3) is 0 Å². The molecule has 1 aromatic rings. The molecule has 2 rings (SSSR count). The van der Waals surface area contributed by atoms with Crippen LogP contribution in [0.5, 0.6) is 0 Å². The van der Waals surface area contributed by atoms with Crippen molar-refractivity contribution in [3.8, 4) is 6.07 Å². The third-order valence-corrected chi connectivity index (χ3v) is 5.28. The summed E-state index contributed by atoms with van der Waals surface area (Å²) in [5.41, 5.74) is 0.819. The number of hydrogen-bond donors (Lipinski definition) is 0. The summed E-state index contributed by atoms with van der Waals surface area (Å²) in [7, 11) is -3.47. The summed E-state index contributed by atoms with van der Waals surface area (Å²) >= 11 is 0. The molecule has 0 amide bonds. The molecule has 1 heterocycles. The first-order chi connectivity index (χ1) is 9.57. The smallest absolute Gasteiger partial charge is 0.243 e. The fraction of sp³-hybridized carbons (Fsp3) is 0.500. The molecule has 0 aromatic heterocycles. The number of nitrogens with zero attached hydrogens (tertiary/aromatic N) is 2. The lowest BCUT2D eigenvalue weighted by Crippen LogP contribution is -2.45. The number of rotatable bonds is 4. The lowest BCUT2D eigenvalue weighted by atomic mass is 10.2. The number of sulfonamides is 1. The van der Waals surface area contributed by atoms with Gasteiger partial charge in [-0.25, -0.2) is 8.42 Å². The second-order valence-corrected chi connectivity index (χ2v) is 6.68. The van der Waals surface area contributed by atoms with E-state index < -0.39 is 10.0 Å². The predicted octanol–water partition coefficient (Wildman–Crippen LogP) is 1.55. The van der Waals surface area contributed by atoms with E-state index in [2.05, 4.69) is 0 Å². The standard InChI is InChI=1S/C14H18N2O3S/c1-2-13-11-16(9-10-19-13)20(17,18)14-5-3-12(4-6-14)7-8-15/h3-6,13H,2,7,9-11H2,1H3. The molecular formula is C14H18N2O3S. The lowest BCUT2D eigenvalue weighted by Gasteiger charge is -2.31. The zero-order valence-corrected chi connectivity index (χ0v) is 12.3. The Morgan fingerprint density at radius 3 is 2.70 bits per heavy atom. The summed E-state index contributed by atoms with van der Waals surface area (Å²) < 4.78 is 32.0. The van der Waals surface area contributed by atoms with E-state index in [9.17, 15) is 8.42 Å². The molecule has 1 fully saturated rings. The van der Waals surface area contributed by atoms with Crippen LogP contribution in [0.25, 0.3) is 0 Å². The van der Waals surface area contributed by atoms with Gasteiger partial charge in [0.1, 0.15) is 0 Å². The SMILES string of the molecule is CCC1CN(S(=O)(=O)c2ccc(CC#N)cc2)CCO1. The molecule has 20 heavy (non-hydrogen) atoms. The van der Waals surface area contributed by atoms with Gasteiger partial charge in [0.15, 0.2) is 0 Å². The summed E-state index contributed by atoms with van der Waals surface area (Å²) in [5, 5.41) is 8.62. The molecule has 1 aliphatic rings. The molecule has 1 unspecified atom stereocenters. The number of morpholine rings is 1. The maximum Gasteiger partial charge on any atom is 0.243 e. The Labute approximate surface area is 119 Å². The summed E-state index contributed by atoms with van der Waals surface area (Å²) in [4.78, 5) is 0.274. The van der Waals surface area contributed by atoms with E-state index in [-0.39, 0.29) is 17.4 Å². The average Bonchev–Trinajstić information content (AvgIpc) is 2.48. The van der Waals surface area contributed by atoms with Crippen LogP contribution < -0.4 is 0 Å². The Morgan fingerprint density at radius 1 is 1.40 bits per heavy atom. The van der Waals surface area contributed by atoms with Gasteiger partial charge in [-0.15, -0.1) is 0 Å². The van der Waals surface area contributed by atoms with Gasteiger partial charge in [0.2, 0.25) is 10.0 Å². The first-order valence-electron chi connectivity index (χ1n) is 6.65. The molecule has 0 radical (unpaired) electrons. The second-order valence-electron chi connectivity index (χ2n) is 4.74. The van der Waals surface area contributed by atoms with Crippen LogP contribution in [0.2, 0.25) is 0 Å². The van der Waals surface area contributed by atoms with Crippen molar-refractivity contribution in [3.05, 3.63) is 29.8 Å². The highest BCUT2D eigenvalue weighted by Crippen LogP contribution is 2.20. The van der Waals surface area contributed by atoms with Crippen LogP contribution in [0.1, 0.15) is 18.9 Å². The first kappa shape index (κ1) is 15.0. The van der Waals surface area contributed by atoms with Crippen molar-refractivity contribution in [2.45, 2.75) is 30.8 Å². The predicted molar refractivity (Wildman–Crippen MR) is 74.5 cm³/mol. The zero-order valence-electron chi connectivity index (χ0n) is 11.4. The normalized spacial score (nSPS) is 20.5. The Kier molecular flexibility index (Phi) is 4.76. The van der Waals surface area contributed by atoms with Gasteiger partial charge < -0.3 is 4.74 Å². The molecule has 0 N–H and O–H groups in total. The fourth-order valence-electron chi connectivity index (χ4n) is 2.18. The van der Waals surface area contributed by atoms with E-state index >= 15 is 0 Å². The zero-order chi connectivity index (χ0) is 14.6. The third-order valence-electron chi connectivity index (χ3n) is 3.40. The summed E-state index contributed by atoms with van der Waals surface area (Å²) in [6, 6.07) is 8.56. The quantitative estimate of drug-likeness (QED) is 0.845. The minimum Gasteiger partial charge on any atom is -0.375 e. The maximum atomic E-state index is 12.5. The van der Waals surface area contributed by atoms with Crippen molar-refractivity contribution in [2.24, 2.45) is 0 Å². The Bertz CT molecular complexity index is 590. The van der Waals surface area contributed by atoms with Crippen LogP contribution in [0.15, 0.2) is 29.2 Å². The van der Waals surface area contributed by atoms with E-state index in [4.69, 9.17) is 10.00 Å². The highest BCUT2D eigenvalue weighted by molar-refractivity contribution is 7.89. The molecule has 1 saturated heterocycles. The topological polar surface area (TPSA) is 70.4 Å². The minimum absolute atomic E-state index is 0.0311. The van der Waals surface area contributed by atoms with Gasteiger partial charge in [-0.05, 0) is 24.1 Å². The van der Waals surface area contributed by atoms with Crippen molar-refractivity contribution in [3.63, 3.8) is 0 Å². The molecule has 5 nitrogen and oxygen atoms in total. The van der Waals surface area contributed by atoms with Gasteiger partial charge in [-0.2, -0.15) is 9.57 Å². The highest BCUT2D eigenvalue weighted by atomic mass is 32.2. The monoisotopic (exact) mass is 294 g/mol. The highest BCUT2D eigenvalue weighted by Gasteiger charge is 2.29. The Morgan fingerprint density at radius 2 is 2.10 bits per heavy atom. The maximum absolute atomic E-state index is 12.5. The molecule has 0 saturated carbocycles. The van der Waals surface area contributed by atoms with Crippen molar-refractivity contribution in [1.29, 1.82) is 5.26 Å². The van der Waals surface area contributed by atoms with Crippen LogP contribution in [0.4, 0.5) is 0 Å². The van der Waals surface area contributed by atoms with Gasteiger partial charge >= 0.3 is 0 Å². The fourth-order valence-corrected chi connectivity index (χ4v) is 3.63. The van der Waals surface area contributed by atoms with Crippen molar-refractivity contribution in [2.75, 3.05) is 19.7 Å². The van der Waals surface area contributed by atoms with E-state index in [1.54, 1.807) is 24.3 Å². The largest absolute Gasteiger partial charge is 0.375 e. The van der Waals surface area contributed by atoms with Gasteiger partial charge in [0, 0.05) is 13.1 Å². The van der Waals surface area contributed by atoms with Gasteiger partial charge in [0.05, 0.1) is 30.1 Å². The molecule has 108 valence electrons. The molecule has 0 spiro atoms. The molecule has 1 aliphatic heterocycles. The second kappa shape index (κ2) is 6.35. The van der Waals surface area contributed by atoms with E-state index in [0.29, 0.717) is 19.7 Å². The number of hydrogen-bond acceptors (Lipinski definition) is 4. The number of ether oxygens (including phenoxy) is 1. The third kappa shape index (κ3) is 3.18. The lowest BCUT2D eigenvalue weighted by molar-refractivity contribution is -0.00277. The number of benzene rings is 1. The minimum atomic E-state index is -3.47. The van der Waals surface area contributed by atoms with E-state index in [1.165, 1.54) is 4.31 Å². The van der Waals surface area contributed by atoms with E-state index in [0.717, 1.165) is 12.0 Å². The first-order valence-corrected chi connectivity index (χ1v) is 8.09. The van der Waals surface area contributed by atoms with E-state index in [1.807, 2.05) is 13.0 Å². The van der Waals surface area contributed by atoms with Crippen molar-refractivity contribution < 1.29 is 13.2 Å². The summed E-state index contributed by atoms with van der Waals surface area (Å²) in [6.45, 7) is 3.21. The Balaban J connectivity index is 2.19. The van der Waals surface area contributed by atoms with Crippen LogP contribution >= 0.6 is 0 Å². The van der Waals surface area contributed by atoms with Crippen LogP contribution in [0, 0.1) is 11.3 Å². The van der Waals surface area contributed by atoms with Gasteiger partial charge in [-0.1, -0.05) is 19.1 Å². The average molecular weight is 294 g/mol. The molecule has 0 aliphatic carbocycles. The van der Waals surface area contributed by atoms with Crippen LogP contribution in [-0.4, -0.2) is 38.5 Å². The molecule has 0 bridgehead atoms. The molecule has 1 aromatic carbocycles. The molecular weight excluding hydrogens is 276 g/mol. The summed E-state index contributed by atoms with van der Waals surface area (Å²) in [5.74, 6) is 0. The van der Waals surface area contributed by atoms with Crippen molar-refractivity contribution >= 4 is 10.0 Å². The van der Waals surface area contributed by atoms with Crippen LogP contribution in [-0.2, 0) is 21.2 Å². The summed E-state index contributed by atoms with van der Waals surface area (Å²) in [6.07, 6.45) is 1.06. The Hall–Kier alpha value is -1.42.